The minimum Gasteiger partial charge on any atom is -0.329 e. The van der Waals surface area contributed by atoms with E-state index in [2.05, 4.69) is 4.90 Å². The predicted octanol–water partition coefficient (Wildman–Crippen LogP) is -1.85. The monoisotopic (exact) mass is 222 g/mol. The van der Waals surface area contributed by atoms with E-state index in [1.165, 1.54) is 4.31 Å². The standard InChI is InChI=1S/C7H18N4O2S/c1-7(6-8)10-2-4-11(5-3-10)14(9,12)13/h7H,2-6,8H2,1H3,(H2,9,12,13). The van der Waals surface area contributed by atoms with Crippen LogP contribution in [0.15, 0.2) is 0 Å². The zero-order chi connectivity index (χ0) is 10.8. The molecule has 0 saturated carbocycles. The minimum absolute atomic E-state index is 0.303. The highest BCUT2D eigenvalue weighted by molar-refractivity contribution is 7.86. The SMILES string of the molecule is CC(CN)N1CCN(S(N)(=O)=O)CC1. The van der Waals surface area contributed by atoms with Crippen LogP contribution in [0.5, 0.6) is 0 Å². The van der Waals surface area contributed by atoms with E-state index in [-0.39, 0.29) is 0 Å². The lowest BCUT2D eigenvalue weighted by Crippen LogP contribution is -2.54. The fourth-order valence-electron chi connectivity index (χ4n) is 1.55. The summed E-state index contributed by atoms with van der Waals surface area (Å²) in [4.78, 5) is 2.17. The van der Waals surface area contributed by atoms with Crippen molar-refractivity contribution in [3.05, 3.63) is 0 Å². The van der Waals surface area contributed by atoms with Crippen molar-refractivity contribution in [2.75, 3.05) is 32.7 Å². The maximum Gasteiger partial charge on any atom is 0.276 e. The van der Waals surface area contributed by atoms with Gasteiger partial charge in [0, 0.05) is 38.8 Å². The van der Waals surface area contributed by atoms with Crippen molar-refractivity contribution in [1.29, 1.82) is 0 Å². The van der Waals surface area contributed by atoms with Crippen molar-refractivity contribution in [2.45, 2.75) is 13.0 Å². The molecule has 1 rings (SSSR count). The van der Waals surface area contributed by atoms with Crippen molar-refractivity contribution < 1.29 is 8.42 Å². The van der Waals surface area contributed by atoms with Crippen molar-refractivity contribution in [2.24, 2.45) is 10.9 Å². The molecular formula is C7H18N4O2S. The molecule has 0 amide bonds. The van der Waals surface area contributed by atoms with Gasteiger partial charge in [-0.1, -0.05) is 0 Å². The fraction of sp³-hybridized carbons (Fsp3) is 1.00. The van der Waals surface area contributed by atoms with E-state index >= 15 is 0 Å². The van der Waals surface area contributed by atoms with Gasteiger partial charge in [-0.25, -0.2) is 5.14 Å². The van der Waals surface area contributed by atoms with Crippen LogP contribution in [0.4, 0.5) is 0 Å². The highest BCUT2D eigenvalue weighted by Gasteiger charge is 2.25. The lowest BCUT2D eigenvalue weighted by atomic mass is 10.2. The lowest BCUT2D eigenvalue weighted by Gasteiger charge is -2.36. The highest BCUT2D eigenvalue weighted by Crippen LogP contribution is 2.07. The molecule has 1 aliphatic rings. The summed E-state index contributed by atoms with van der Waals surface area (Å²) in [5.74, 6) is 0. The molecule has 14 heavy (non-hydrogen) atoms. The third-order valence-electron chi connectivity index (χ3n) is 2.60. The number of hydrogen-bond donors (Lipinski definition) is 2. The second-order valence-electron chi connectivity index (χ2n) is 3.56. The van der Waals surface area contributed by atoms with Gasteiger partial charge in [-0.05, 0) is 6.92 Å². The smallest absolute Gasteiger partial charge is 0.276 e. The van der Waals surface area contributed by atoms with Crippen LogP contribution >= 0.6 is 0 Å². The largest absolute Gasteiger partial charge is 0.329 e. The predicted molar refractivity (Wildman–Crippen MR) is 54.8 cm³/mol. The van der Waals surface area contributed by atoms with Crippen LogP contribution < -0.4 is 10.9 Å². The molecule has 0 aromatic heterocycles. The summed E-state index contributed by atoms with van der Waals surface area (Å²) in [5, 5.41) is 5.02. The van der Waals surface area contributed by atoms with E-state index in [1.807, 2.05) is 6.92 Å². The Kier molecular flexibility index (Phi) is 3.85. The molecule has 1 saturated heterocycles. The Morgan fingerprint density at radius 3 is 2.14 bits per heavy atom. The molecule has 6 nitrogen and oxygen atoms in total. The Labute approximate surface area is 85.0 Å². The van der Waals surface area contributed by atoms with E-state index in [0.717, 1.165) is 0 Å². The van der Waals surface area contributed by atoms with E-state index in [0.29, 0.717) is 38.8 Å². The van der Waals surface area contributed by atoms with Crippen molar-refractivity contribution in [1.82, 2.24) is 9.21 Å². The van der Waals surface area contributed by atoms with Crippen LogP contribution in [0.3, 0.4) is 0 Å². The van der Waals surface area contributed by atoms with Gasteiger partial charge in [0.25, 0.3) is 10.2 Å². The Morgan fingerprint density at radius 2 is 1.79 bits per heavy atom. The van der Waals surface area contributed by atoms with Gasteiger partial charge < -0.3 is 5.73 Å². The first-order valence-electron chi connectivity index (χ1n) is 4.67. The summed E-state index contributed by atoms with van der Waals surface area (Å²) in [7, 11) is -3.51. The van der Waals surface area contributed by atoms with Crippen LogP contribution in [0.1, 0.15) is 6.92 Å². The highest BCUT2D eigenvalue weighted by atomic mass is 32.2. The second kappa shape index (κ2) is 4.54. The van der Waals surface area contributed by atoms with E-state index in [1.54, 1.807) is 0 Å². The first kappa shape index (κ1) is 11.9. The lowest BCUT2D eigenvalue weighted by molar-refractivity contribution is 0.149. The van der Waals surface area contributed by atoms with Gasteiger partial charge in [-0.15, -0.1) is 0 Å². The van der Waals surface area contributed by atoms with Gasteiger partial charge in [-0.2, -0.15) is 12.7 Å². The van der Waals surface area contributed by atoms with E-state index < -0.39 is 10.2 Å². The molecule has 0 aromatic rings. The summed E-state index contributed by atoms with van der Waals surface area (Å²) in [6, 6.07) is 0.303. The Bertz CT molecular complexity index is 271. The molecule has 84 valence electrons. The normalized spacial score (nSPS) is 23.6. The minimum atomic E-state index is -3.51. The zero-order valence-electron chi connectivity index (χ0n) is 8.39. The van der Waals surface area contributed by atoms with Crippen molar-refractivity contribution in [3.8, 4) is 0 Å². The molecule has 7 heteroatoms. The van der Waals surface area contributed by atoms with Crippen LogP contribution in [0, 0.1) is 0 Å². The summed E-state index contributed by atoms with van der Waals surface area (Å²) in [6.45, 7) is 4.96. The van der Waals surface area contributed by atoms with Crippen LogP contribution in [0.25, 0.3) is 0 Å². The fourth-order valence-corrected chi connectivity index (χ4v) is 2.22. The van der Waals surface area contributed by atoms with Gasteiger partial charge in [0.05, 0.1) is 0 Å². The zero-order valence-corrected chi connectivity index (χ0v) is 9.20. The van der Waals surface area contributed by atoms with Gasteiger partial charge in [-0.3, -0.25) is 4.90 Å². The summed E-state index contributed by atoms with van der Waals surface area (Å²) in [6.07, 6.45) is 0. The first-order chi connectivity index (χ1) is 6.45. The van der Waals surface area contributed by atoms with Gasteiger partial charge in [0.15, 0.2) is 0 Å². The maximum absolute atomic E-state index is 11.0. The number of nitrogens with zero attached hydrogens (tertiary/aromatic N) is 2. The second-order valence-corrected chi connectivity index (χ2v) is 5.11. The molecule has 1 atom stereocenters. The van der Waals surface area contributed by atoms with Crippen molar-refractivity contribution in [3.63, 3.8) is 0 Å². The summed E-state index contributed by atoms with van der Waals surface area (Å²) in [5.41, 5.74) is 5.53. The average Bonchev–Trinajstić information content (AvgIpc) is 2.15. The summed E-state index contributed by atoms with van der Waals surface area (Å²) >= 11 is 0. The molecule has 1 heterocycles. The molecule has 4 N–H and O–H groups in total. The Balaban J connectivity index is 2.47. The molecule has 0 spiro atoms. The first-order valence-corrected chi connectivity index (χ1v) is 6.17. The average molecular weight is 222 g/mol. The number of rotatable bonds is 3. The molecular weight excluding hydrogens is 204 g/mol. The van der Waals surface area contributed by atoms with Crippen LogP contribution in [-0.2, 0) is 10.2 Å². The third-order valence-corrected chi connectivity index (χ3v) is 3.68. The molecule has 0 radical (unpaired) electrons. The number of hydrogen-bond acceptors (Lipinski definition) is 4. The van der Waals surface area contributed by atoms with Crippen LogP contribution in [-0.4, -0.2) is 56.4 Å². The quantitative estimate of drug-likeness (QED) is 0.586. The van der Waals surface area contributed by atoms with Gasteiger partial charge >= 0.3 is 0 Å². The molecule has 0 aromatic carbocycles. The molecule has 1 unspecified atom stereocenters. The molecule has 1 fully saturated rings. The van der Waals surface area contributed by atoms with E-state index in [4.69, 9.17) is 10.9 Å². The topological polar surface area (TPSA) is 92.7 Å². The maximum atomic E-state index is 11.0. The third kappa shape index (κ3) is 2.89. The van der Waals surface area contributed by atoms with Crippen molar-refractivity contribution >= 4 is 10.2 Å². The number of nitrogens with two attached hydrogens (primary N) is 2. The Morgan fingerprint density at radius 1 is 1.29 bits per heavy atom. The van der Waals surface area contributed by atoms with Crippen LogP contribution in [0.2, 0.25) is 0 Å². The Hall–Kier alpha value is -0.210. The number of piperazine rings is 1. The summed E-state index contributed by atoms with van der Waals surface area (Å²) < 4.78 is 23.3. The molecule has 0 bridgehead atoms. The van der Waals surface area contributed by atoms with Gasteiger partial charge in [0.2, 0.25) is 0 Å². The molecule has 1 aliphatic heterocycles. The molecule has 0 aliphatic carbocycles. The van der Waals surface area contributed by atoms with E-state index in [9.17, 15) is 8.42 Å². The van der Waals surface area contributed by atoms with Gasteiger partial charge in [0.1, 0.15) is 0 Å².